The van der Waals surface area contributed by atoms with Gasteiger partial charge in [0, 0.05) is 55.1 Å². The van der Waals surface area contributed by atoms with E-state index in [2.05, 4.69) is 16.0 Å². The van der Waals surface area contributed by atoms with Crippen LogP contribution < -0.4 is 20.9 Å². The number of ketones is 1. The predicted octanol–water partition coefficient (Wildman–Crippen LogP) is 6.63. The van der Waals surface area contributed by atoms with Gasteiger partial charge in [-0.2, -0.15) is 26.3 Å². The fourth-order valence-electron chi connectivity index (χ4n) is 6.44. The Morgan fingerprint density at radius 1 is 0.683 bits per heavy atom. The fourth-order valence-corrected chi connectivity index (χ4v) is 6.61. The van der Waals surface area contributed by atoms with Crippen LogP contribution in [0, 0.1) is 0 Å². The number of halogens is 7. The molecule has 11 nitrogen and oxygen atoms in total. The third-order valence-electron chi connectivity index (χ3n) is 9.63. The number of methoxy groups -OCH3 is 2. The van der Waals surface area contributed by atoms with E-state index in [1.807, 2.05) is 0 Å². The van der Waals surface area contributed by atoms with Crippen LogP contribution in [0.4, 0.5) is 32.0 Å². The van der Waals surface area contributed by atoms with E-state index in [0.29, 0.717) is 12.7 Å². The van der Waals surface area contributed by atoms with Crippen molar-refractivity contribution in [3.63, 3.8) is 0 Å². The number of alkyl halides is 6. The number of anilines is 1. The maximum absolute atomic E-state index is 14.8. The molecule has 0 bridgehead atoms. The van der Waals surface area contributed by atoms with Gasteiger partial charge in [-0.1, -0.05) is 103 Å². The summed E-state index contributed by atoms with van der Waals surface area (Å²) in [6.07, 6.45) is -11.2. The molecule has 3 atom stereocenters. The fraction of sp³-hybridized carbons (Fsp3) is 0.310. The van der Waals surface area contributed by atoms with Gasteiger partial charge in [-0.25, -0.2) is 0 Å². The third kappa shape index (κ3) is 10.1. The number of hydrogen-bond donors (Lipinski definition) is 3. The van der Waals surface area contributed by atoms with Crippen LogP contribution in [0.15, 0.2) is 109 Å². The Kier molecular flexibility index (Phi) is 15.6. The number of rotatable bonds is 18. The molecule has 0 unspecified atom stereocenters. The second-order valence-corrected chi connectivity index (χ2v) is 13.7. The van der Waals surface area contributed by atoms with Crippen molar-refractivity contribution in [2.24, 2.45) is 0 Å². The van der Waals surface area contributed by atoms with Crippen LogP contribution in [0.1, 0.15) is 46.3 Å². The summed E-state index contributed by atoms with van der Waals surface area (Å²) in [5.41, 5.74) is -7.59. The highest BCUT2D eigenvalue weighted by Gasteiger charge is 2.64. The molecule has 0 radical (unpaired) electrons. The highest BCUT2D eigenvalue weighted by Crippen LogP contribution is 2.43. The smallest absolute Gasteiger partial charge is 0.356 e. The first-order valence-electron chi connectivity index (χ1n) is 18.2. The van der Waals surface area contributed by atoms with Crippen molar-refractivity contribution in [2.45, 2.75) is 48.9 Å². The van der Waals surface area contributed by atoms with Gasteiger partial charge in [0.25, 0.3) is 23.0 Å². The molecule has 320 valence electrons. The van der Waals surface area contributed by atoms with Crippen molar-refractivity contribution < 1.29 is 59.8 Å². The molecule has 0 fully saturated rings. The van der Waals surface area contributed by atoms with Gasteiger partial charge in [-0.15, -0.1) is 0 Å². The SMILES string of the molecule is CO[C@](C(=O)NCCCC[C@H](NC(=O)[C@@](OC)(c1ccccc1)C(F)(F)F)C(=O)NCC(=O)N(C)c1ccc(Cl)cc1C(=O)c1ccccc1)(c1ccccc1)C(F)(F)F. The van der Waals surface area contributed by atoms with Gasteiger partial charge < -0.3 is 30.3 Å². The van der Waals surface area contributed by atoms with Crippen molar-refractivity contribution in [1.29, 1.82) is 0 Å². The zero-order chi connectivity index (χ0) is 44.3. The first-order valence-corrected chi connectivity index (χ1v) is 18.6. The predicted molar refractivity (Wildman–Crippen MR) is 209 cm³/mol. The van der Waals surface area contributed by atoms with Crippen LogP contribution in [-0.2, 0) is 39.9 Å². The van der Waals surface area contributed by atoms with E-state index in [4.69, 9.17) is 21.1 Å². The molecule has 4 amide bonds. The van der Waals surface area contributed by atoms with Gasteiger partial charge >= 0.3 is 12.4 Å². The Bertz CT molecular complexity index is 2130. The quantitative estimate of drug-likeness (QED) is 0.0580. The van der Waals surface area contributed by atoms with Gasteiger partial charge in [0.15, 0.2) is 5.78 Å². The molecule has 0 heterocycles. The summed E-state index contributed by atoms with van der Waals surface area (Å²) in [4.78, 5) is 68.2. The highest BCUT2D eigenvalue weighted by atomic mass is 35.5. The van der Waals surface area contributed by atoms with E-state index >= 15 is 0 Å². The number of nitrogens with one attached hydrogen (secondary N) is 3. The molecule has 0 spiro atoms. The Morgan fingerprint density at radius 2 is 1.18 bits per heavy atom. The highest BCUT2D eigenvalue weighted by molar-refractivity contribution is 6.31. The molecule has 0 aromatic heterocycles. The van der Waals surface area contributed by atoms with Crippen LogP contribution in [-0.4, -0.2) is 82.2 Å². The van der Waals surface area contributed by atoms with Crippen LogP contribution in [0.25, 0.3) is 0 Å². The zero-order valence-electron chi connectivity index (χ0n) is 32.5. The second-order valence-electron chi connectivity index (χ2n) is 13.3. The van der Waals surface area contributed by atoms with Crippen LogP contribution in [0.3, 0.4) is 0 Å². The van der Waals surface area contributed by atoms with Gasteiger partial charge in [0.2, 0.25) is 11.8 Å². The van der Waals surface area contributed by atoms with Crippen molar-refractivity contribution in [3.8, 4) is 0 Å². The van der Waals surface area contributed by atoms with E-state index < -0.39 is 89.6 Å². The molecule has 0 aliphatic carbocycles. The van der Waals surface area contributed by atoms with E-state index in [0.717, 1.165) is 36.3 Å². The molecule has 0 aliphatic rings. The lowest BCUT2D eigenvalue weighted by Crippen LogP contribution is -2.60. The molecule has 4 rings (SSSR count). The van der Waals surface area contributed by atoms with Gasteiger partial charge in [-0.3, -0.25) is 24.0 Å². The number of likely N-dealkylation sites (N-methyl/N-ethyl adjacent to an activating group) is 1. The molecule has 0 saturated heterocycles. The topological polar surface area (TPSA) is 143 Å². The van der Waals surface area contributed by atoms with E-state index in [9.17, 15) is 50.3 Å². The summed E-state index contributed by atoms with van der Waals surface area (Å²) in [6, 6.07) is 22.7. The number of amides is 4. The first-order chi connectivity index (χ1) is 28.3. The molecule has 0 saturated carbocycles. The monoisotopic (exact) mass is 862 g/mol. The Balaban J connectivity index is 1.54. The average Bonchev–Trinajstić information content (AvgIpc) is 3.22. The number of benzene rings is 4. The number of carbonyl (C=O) groups is 5. The lowest BCUT2D eigenvalue weighted by Gasteiger charge is -2.34. The van der Waals surface area contributed by atoms with Crippen molar-refractivity contribution in [2.75, 3.05) is 39.3 Å². The first kappa shape index (κ1) is 46.9. The van der Waals surface area contributed by atoms with Crippen LogP contribution in [0.2, 0.25) is 5.02 Å². The van der Waals surface area contributed by atoms with E-state index in [1.54, 1.807) is 30.3 Å². The summed E-state index contributed by atoms with van der Waals surface area (Å²) in [7, 11) is 2.71. The average molecular weight is 863 g/mol. The van der Waals surface area contributed by atoms with Crippen LogP contribution in [0.5, 0.6) is 0 Å². The minimum atomic E-state index is -5.35. The summed E-state index contributed by atoms with van der Waals surface area (Å²) >= 11 is 6.17. The van der Waals surface area contributed by atoms with Crippen molar-refractivity contribution >= 4 is 46.7 Å². The number of carbonyl (C=O) groups excluding carboxylic acids is 5. The van der Waals surface area contributed by atoms with Gasteiger partial charge in [-0.05, 0) is 37.5 Å². The lowest BCUT2D eigenvalue weighted by molar-refractivity contribution is -0.266. The molecular formula is C42H41ClF6N4O7. The number of nitrogens with zero attached hydrogens (tertiary/aromatic N) is 1. The summed E-state index contributed by atoms with van der Waals surface area (Å²) < 4.78 is 96.9. The summed E-state index contributed by atoms with van der Waals surface area (Å²) in [5, 5.41) is 6.76. The van der Waals surface area contributed by atoms with Crippen molar-refractivity contribution in [3.05, 3.63) is 136 Å². The van der Waals surface area contributed by atoms with Crippen molar-refractivity contribution in [1.82, 2.24) is 16.0 Å². The summed E-state index contributed by atoms with van der Waals surface area (Å²) in [6.45, 7) is -1.17. The van der Waals surface area contributed by atoms with Crippen LogP contribution >= 0.6 is 11.6 Å². The molecule has 4 aromatic rings. The minimum absolute atomic E-state index is 0.0545. The molecule has 60 heavy (non-hydrogen) atoms. The Morgan fingerprint density at radius 3 is 1.68 bits per heavy atom. The molecular weight excluding hydrogens is 822 g/mol. The van der Waals surface area contributed by atoms with E-state index in [-0.39, 0.29) is 29.1 Å². The maximum atomic E-state index is 14.8. The number of ether oxygens (including phenoxy) is 2. The molecule has 3 N–H and O–H groups in total. The third-order valence-corrected chi connectivity index (χ3v) is 9.86. The lowest BCUT2D eigenvalue weighted by atomic mass is 9.91. The van der Waals surface area contributed by atoms with Gasteiger partial charge in [0.1, 0.15) is 6.04 Å². The maximum Gasteiger partial charge on any atom is 0.430 e. The number of hydrogen-bond acceptors (Lipinski definition) is 7. The number of unbranched alkanes of at least 4 members (excludes halogenated alkanes) is 1. The zero-order valence-corrected chi connectivity index (χ0v) is 33.2. The normalized spacial score (nSPS) is 14.2. The molecule has 0 aliphatic heterocycles. The molecule has 4 aromatic carbocycles. The van der Waals surface area contributed by atoms with E-state index in [1.165, 1.54) is 61.6 Å². The van der Waals surface area contributed by atoms with Gasteiger partial charge in [0.05, 0.1) is 12.2 Å². The Hall–Kier alpha value is -5.78. The Labute approximate surface area is 346 Å². The standard InChI is InChI=1S/C42H41ClF6N4O7/c1-53(33-23-22-30(43)25-31(33)35(55)27-15-7-4-8-16-27)34(54)26-51-36(56)32(52-38(58)40(60-3,42(47,48)49)29-19-11-6-12-20-29)21-13-14-24-50-37(57)39(59-2,41(44,45)46)28-17-9-5-10-18-28/h4-12,15-20,22-23,25,32H,13-14,21,24,26H2,1-3H3,(H,50,57)(H,51,56)(H,52,58)/t32-,39-,40-/m0/s1. The molecule has 18 heteroatoms. The minimum Gasteiger partial charge on any atom is -0.356 e. The summed E-state index contributed by atoms with van der Waals surface area (Å²) in [5.74, 6) is -5.67. The largest absolute Gasteiger partial charge is 0.430 e. The second kappa shape index (κ2) is 20.0.